The summed E-state index contributed by atoms with van der Waals surface area (Å²) in [5, 5.41) is 5.28. The van der Waals surface area contributed by atoms with Crippen molar-refractivity contribution in [3.05, 3.63) is 23.8 Å². The predicted octanol–water partition coefficient (Wildman–Crippen LogP) is 1.56. The molecule has 0 radical (unpaired) electrons. The van der Waals surface area contributed by atoms with Crippen molar-refractivity contribution in [1.82, 2.24) is 10.2 Å². The summed E-state index contributed by atoms with van der Waals surface area (Å²) in [6.07, 6.45) is -3.85. The van der Waals surface area contributed by atoms with Gasteiger partial charge in [-0.1, -0.05) is 0 Å². The van der Waals surface area contributed by atoms with Gasteiger partial charge < -0.3 is 25.0 Å². The minimum absolute atomic E-state index is 0.0146. The van der Waals surface area contributed by atoms with Crippen molar-refractivity contribution in [2.45, 2.75) is 12.6 Å². The second-order valence-corrected chi connectivity index (χ2v) is 7.25. The summed E-state index contributed by atoms with van der Waals surface area (Å²) in [6.45, 7) is 2.76. The number of hydrogen-bond acceptors (Lipinski definition) is 6. The molecule has 31 heavy (non-hydrogen) atoms. The van der Waals surface area contributed by atoms with Gasteiger partial charge in [0.15, 0.2) is 0 Å². The third kappa shape index (κ3) is 8.35. The number of nitrogens with zero attached hydrogens (tertiary/aromatic N) is 2. The molecular weight excluding hydrogens is 417 g/mol. The number of alkyl halides is 3. The van der Waals surface area contributed by atoms with Crippen molar-refractivity contribution in [2.24, 2.45) is 0 Å². The van der Waals surface area contributed by atoms with Gasteiger partial charge in [0.2, 0.25) is 11.8 Å². The van der Waals surface area contributed by atoms with E-state index >= 15 is 0 Å². The smallest absolute Gasteiger partial charge is 0.385 e. The van der Waals surface area contributed by atoms with Crippen LogP contribution in [0.2, 0.25) is 0 Å². The van der Waals surface area contributed by atoms with E-state index in [1.54, 1.807) is 14.2 Å². The van der Waals surface area contributed by atoms with E-state index in [0.29, 0.717) is 51.6 Å². The Morgan fingerprint density at radius 2 is 1.87 bits per heavy atom. The standard InChI is InChI=1S/C20H29F3N4O4/c1-26(13-18(28)24-6-3-9-30-2)14-19(29)25-16-12-15(20(21,22)23)4-5-17(16)27-7-10-31-11-8-27/h4-5,12H,3,6-11,13-14H2,1-2H3,(H,24,28)(H,25,29). The molecular formula is C20H29F3N4O4. The molecule has 1 aliphatic heterocycles. The number of carbonyl (C=O) groups excluding carboxylic acids is 2. The first-order valence-corrected chi connectivity index (χ1v) is 9.98. The molecule has 0 bridgehead atoms. The number of nitrogens with one attached hydrogen (secondary N) is 2. The fourth-order valence-electron chi connectivity index (χ4n) is 3.13. The van der Waals surface area contributed by atoms with Gasteiger partial charge in [-0.2, -0.15) is 13.2 Å². The summed E-state index contributed by atoms with van der Waals surface area (Å²) in [5.41, 5.74) is -0.258. The van der Waals surface area contributed by atoms with Gasteiger partial charge in [0.1, 0.15) is 0 Å². The number of rotatable bonds is 10. The predicted molar refractivity (Wildman–Crippen MR) is 110 cm³/mol. The molecule has 0 aromatic heterocycles. The highest BCUT2D eigenvalue weighted by Gasteiger charge is 2.32. The molecule has 1 fully saturated rings. The number of hydrogen-bond donors (Lipinski definition) is 2. The summed E-state index contributed by atoms with van der Waals surface area (Å²) in [6, 6.07) is 3.30. The highest BCUT2D eigenvalue weighted by atomic mass is 19.4. The van der Waals surface area contributed by atoms with Gasteiger partial charge in [0.05, 0.1) is 43.2 Å². The summed E-state index contributed by atoms with van der Waals surface area (Å²) >= 11 is 0. The quantitative estimate of drug-likeness (QED) is 0.531. The van der Waals surface area contributed by atoms with Gasteiger partial charge in [-0.3, -0.25) is 14.5 Å². The monoisotopic (exact) mass is 446 g/mol. The lowest BCUT2D eigenvalue weighted by atomic mass is 10.1. The van der Waals surface area contributed by atoms with Crippen LogP contribution in [-0.4, -0.2) is 83.4 Å². The van der Waals surface area contributed by atoms with Crippen LogP contribution < -0.4 is 15.5 Å². The minimum atomic E-state index is -4.53. The van der Waals surface area contributed by atoms with Gasteiger partial charge in [0.25, 0.3) is 0 Å². The molecule has 2 N–H and O–H groups in total. The highest BCUT2D eigenvalue weighted by molar-refractivity contribution is 5.96. The highest BCUT2D eigenvalue weighted by Crippen LogP contribution is 2.35. The fraction of sp³-hybridized carbons (Fsp3) is 0.600. The molecule has 174 valence electrons. The van der Waals surface area contributed by atoms with Crippen LogP contribution in [0.3, 0.4) is 0 Å². The fourth-order valence-corrected chi connectivity index (χ4v) is 3.13. The zero-order valence-electron chi connectivity index (χ0n) is 17.8. The molecule has 1 aromatic carbocycles. The van der Waals surface area contributed by atoms with Crippen molar-refractivity contribution < 1.29 is 32.2 Å². The van der Waals surface area contributed by atoms with Crippen molar-refractivity contribution in [3.8, 4) is 0 Å². The van der Waals surface area contributed by atoms with Gasteiger partial charge in [-0.05, 0) is 31.7 Å². The van der Waals surface area contributed by atoms with Crippen LogP contribution >= 0.6 is 0 Å². The van der Waals surface area contributed by atoms with Crippen LogP contribution in [0.25, 0.3) is 0 Å². The first kappa shape index (κ1) is 24.9. The third-order valence-corrected chi connectivity index (χ3v) is 4.62. The first-order chi connectivity index (χ1) is 14.7. The van der Waals surface area contributed by atoms with E-state index in [-0.39, 0.29) is 24.7 Å². The van der Waals surface area contributed by atoms with E-state index in [4.69, 9.17) is 9.47 Å². The summed E-state index contributed by atoms with van der Waals surface area (Å²) in [7, 11) is 3.16. The number of carbonyl (C=O) groups is 2. The molecule has 1 saturated heterocycles. The second-order valence-electron chi connectivity index (χ2n) is 7.25. The van der Waals surface area contributed by atoms with E-state index in [2.05, 4.69) is 10.6 Å². The van der Waals surface area contributed by atoms with E-state index < -0.39 is 17.6 Å². The van der Waals surface area contributed by atoms with Crippen LogP contribution in [-0.2, 0) is 25.2 Å². The van der Waals surface area contributed by atoms with Crippen LogP contribution in [0, 0.1) is 0 Å². The second kappa shape index (κ2) is 11.9. The molecule has 2 amide bonds. The van der Waals surface area contributed by atoms with Crippen LogP contribution in [0.4, 0.5) is 24.5 Å². The van der Waals surface area contributed by atoms with Crippen molar-refractivity contribution >= 4 is 23.2 Å². The van der Waals surface area contributed by atoms with Crippen molar-refractivity contribution in [1.29, 1.82) is 0 Å². The number of anilines is 2. The summed E-state index contributed by atoms with van der Waals surface area (Å²) in [4.78, 5) is 27.7. The van der Waals surface area contributed by atoms with E-state index in [0.717, 1.165) is 12.1 Å². The molecule has 1 aromatic rings. The number of amides is 2. The Balaban J connectivity index is 2.00. The number of halogens is 3. The van der Waals surface area contributed by atoms with Crippen LogP contribution in [0.5, 0.6) is 0 Å². The van der Waals surface area contributed by atoms with Crippen LogP contribution in [0.1, 0.15) is 12.0 Å². The molecule has 0 aliphatic carbocycles. The number of methoxy groups -OCH3 is 1. The molecule has 2 rings (SSSR count). The average Bonchev–Trinajstić information content (AvgIpc) is 2.71. The first-order valence-electron chi connectivity index (χ1n) is 9.98. The molecule has 8 nitrogen and oxygen atoms in total. The lowest BCUT2D eigenvalue weighted by Crippen LogP contribution is -2.40. The number of likely N-dealkylation sites (N-methyl/N-ethyl adjacent to an activating group) is 1. The molecule has 1 aliphatic rings. The van der Waals surface area contributed by atoms with Gasteiger partial charge >= 0.3 is 6.18 Å². The molecule has 0 atom stereocenters. The lowest BCUT2D eigenvalue weighted by Gasteiger charge is -2.31. The van der Waals surface area contributed by atoms with Crippen LogP contribution in [0.15, 0.2) is 18.2 Å². The maximum Gasteiger partial charge on any atom is 0.416 e. The van der Waals surface area contributed by atoms with Gasteiger partial charge in [0, 0.05) is 33.4 Å². The maximum absolute atomic E-state index is 13.2. The molecule has 0 unspecified atom stereocenters. The Labute approximate surface area is 179 Å². The van der Waals surface area contributed by atoms with Gasteiger partial charge in [-0.25, -0.2) is 0 Å². The average molecular weight is 446 g/mol. The topological polar surface area (TPSA) is 83.1 Å². The SMILES string of the molecule is COCCCNC(=O)CN(C)CC(=O)Nc1cc(C(F)(F)F)ccc1N1CCOCC1. The molecule has 0 spiro atoms. The lowest BCUT2D eigenvalue weighted by molar-refractivity contribution is -0.137. The Hall–Kier alpha value is -2.37. The molecule has 11 heteroatoms. The van der Waals surface area contributed by atoms with Gasteiger partial charge in [-0.15, -0.1) is 0 Å². The summed E-state index contributed by atoms with van der Waals surface area (Å²) < 4.78 is 49.7. The number of morpholine rings is 1. The van der Waals surface area contributed by atoms with Crippen molar-refractivity contribution in [3.63, 3.8) is 0 Å². The maximum atomic E-state index is 13.2. The normalized spacial score (nSPS) is 14.6. The number of ether oxygens (including phenoxy) is 2. The molecule has 0 saturated carbocycles. The van der Waals surface area contributed by atoms with E-state index in [1.807, 2.05) is 4.90 Å². The largest absolute Gasteiger partial charge is 0.416 e. The third-order valence-electron chi connectivity index (χ3n) is 4.62. The zero-order valence-corrected chi connectivity index (χ0v) is 17.8. The Bertz CT molecular complexity index is 740. The molecule has 1 heterocycles. The number of benzene rings is 1. The van der Waals surface area contributed by atoms with Crippen molar-refractivity contribution in [2.75, 3.05) is 76.9 Å². The Kier molecular flexibility index (Phi) is 9.53. The Morgan fingerprint density at radius 1 is 1.19 bits per heavy atom. The van der Waals surface area contributed by atoms with E-state index in [1.165, 1.54) is 11.0 Å². The Morgan fingerprint density at radius 3 is 2.52 bits per heavy atom. The zero-order chi connectivity index (χ0) is 22.9. The summed E-state index contributed by atoms with van der Waals surface area (Å²) in [5.74, 6) is -0.761. The van der Waals surface area contributed by atoms with E-state index in [9.17, 15) is 22.8 Å². The minimum Gasteiger partial charge on any atom is -0.385 e.